The zero-order valence-electron chi connectivity index (χ0n) is 9.71. The SMILES string of the molecule is COc1cc2[nH]c(=O)[nH]c(=O)c2c(C)c1OC. The molecule has 0 fully saturated rings. The number of aromatic nitrogens is 2. The van der Waals surface area contributed by atoms with Gasteiger partial charge in [-0.2, -0.15) is 0 Å². The van der Waals surface area contributed by atoms with Gasteiger partial charge in [-0.05, 0) is 6.92 Å². The lowest BCUT2D eigenvalue weighted by Crippen LogP contribution is -2.22. The Labute approximate surface area is 96.2 Å². The van der Waals surface area contributed by atoms with Gasteiger partial charge in [0, 0.05) is 11.6 Å². The Morgan fingerprint density at radius 2 is 1.82 bits per heavy atom. The molecule has 1 aromatic carbocycles. The van der Waals surface area contributed by atoms with Crippen molar-refractivity contribution in [2.24, 2.45) is 0 Å². The summed E-state index contributed by atoms with van der Waals surface area (Å²) < 4.78 is 10.3. The molecule has 0 aliphatic heterocycles. The maximum Gasteiger partial charge on any atom is 0.326 e. The summed E-state index contributed by atoms with van der Waals surface area (Å²) in [6.45, 7) is 1.73. The first-order valence-corrected chi connectivity index (χ1v) is 4.96. The van der Waals surface area contributed by atoms with Crippen molar-refractivity contribution in [2.45, 2.75) is 6.92 Å². The zero-order valence-corrected chi connectivity index (χ0v) is 9.71. The second kappa shape index (κ2) is 3.97. The first kappa shape index (κ1) is 11.3. The van der Waals surface area contributed by atoms with Crippen molar-refractivity contribution in [1.29, 1.82) is 0 Å². The van der Waals surface area contributed by atoms with Crippen molar-refractivity contribution in [2.75, 3.05) is 14.2 Å². The maximum absolute atomic E-state index is 11.7. The average molecular weight is 236 g/mol. The van der Waals surface area contributed by atoms with E-state index in [2.05, 4.69) is 9.97 Å². The first-order valence-electron chi connectivity index (χ1n) is 4.96. The van der Waals surface area contributed by atoms with Crippen molar-refractivity contribution in [1.82, 2.24) is 9.97 Å². The van der Waals surface area contributed by atoms with E-state index in [9.17, 15) is 9.59 Å². The lowest BCUT2D eigenvalue weighted by Gasteiger charge is -2.12. The van der Waals surface area contributed by atoms with E-state index in [1.165, 1.54) is 14.2 Å². The number of aryl methyl sites for hydroxylation is 1. The lowest BCUT2D eigenvalue weighted by molar-refractivity contribution is 0.354. The molecular weight excluding hydrogens is 224 g/mol. The van der Waals surface area contributed by atoms with Crippen molar-refractivity contribution < 1.29 is 9.47 Å². The third-order valence-electron chi connectivity index (χ3n) is 2.61. The van der Waals surface area contributed by atoms with E-state index < -0.39 is 11.2 Å². The van der Waals surface area contributed by atoms with Gasteiger partial charge in [-0.3, -0.25) is 9.78 Å². The van der Waals surface area contributed by atoms with Crippen LogP contribution >= 0.6 is 0 Å². The number of hydrogen-bond acceptors (Lipinski definition) is 4. The quantitative estimate of drug-likeness (QED) is 0.797. The predicted molar refractivity (Wildman–Crippen MR) is 63.0 cm³/mol. The minimum atomic E-state index is -0.547. The van der Waals surface area contributed by atoms with Gasteiger partial charge in [0.05, 0.1) is 25.1 Å². The smallest absolute Gasteiger partial charge is 0.326 e. The van der Waals surface area contributed by atoms with E-state index in [0.29, 0.717) is 28.0 Å². The second-order valence-corrected chi connectivity index (χ2v) is 3.57. The van der Waals surface area contributed by atoms with Crippen LogP contribution in [-0.2, 0) is 0 Å². The van der Waals surface area contributed by atoms with Crippen LogP contribution in [0.4, 0.5) is 0 Å². The highest BCUT2D eigenvalue weighted by atomic mass is 16.5. The Balaban J connectivity index is 3.01. The molecule has 1 heterocycles. The number of nitrogens with one attached hydrogen (secondary N) is 2. The van der Waals surface area contributed by atoms with Crippen molar-refractivity contribution in [3.63, 3.8) is 0 Å². The topological polar surface area (TPSA) is 84.2 Å². The first-order chi connectivity index (χ1) is 8.08. The summed E-state index contributed by atoms with van der Waals surface area (Å²) in [5.74, 6) is 0.955. The molecule has 0 radical (unpaired) electrons. The molecule has 0 saturated carbocycles. The molecule has 90 valence electrons. The van der Waals surface area contributed by atoms with Crippen LogP contribution < -0.4 is 20.7 Å². The van der Waals surface area contributed by atoms with E-state index in [1.54, 1.807) is 13.0 Å². The van der Waals surface area contributed by atoms with Gasteiger partial charge in [0.15, 0.2) is 11.5 Å². The third kappa shape index (κ3) is 1.67. The number of hydrogen-bond donors (Lipinski definition) is 2. The highest BCUT2D eigenvalue weighted by Crippen LogP contribution is 2.34. The molecule has 1 aromatic heterocycles. The molecule has 0 atom stereocenters. The van der Waals surface area contributed by atoms with Gasteiger partial charge in [-0.15, -0.1) is 0 Å². The summed E-state index contributed by atoms with van der Waals surface area (Å²) >= 11 is 0. The van der Waals surface area contributed by atoms with E-state index in [0.717, 1.165) is 0 Å². The number of rotatable bonds is 2. The minimum absolute atomic E-state index is 0.391. The van der Waals surface area contributed by atoms with Crippen LogP contribution in [0.1, 0.15) is 5.56 Å². The molecule has 0 aliphatic rings. The Morgan fingerprint density at radius 1 is 1.12 bits per heavy atom. The van der Waals surface area contributed by atoms with Crippen molar-refractivity contribution in [3.8, 4) is 11.5 Å². The Morgan fingerprint density at radius 3 is 2.41 bits per heavy atom. The Bertz CT molecular complexity index is 684. The lowest BCUT2D eigenvalue weighted by atomic mass is 10.1. The Hall–Kier alpha value is -2.24. The summed E-state index contributed by atoms with van der Waals surface area (Å²) in [5.41, 5.74) is 0.0598. The monoisotopic (exact) mass is 236 g/mol. The highest BCUT2D eigenvalue weighted by molar-refractivity contribution is 5.85. The normalized spacial score (nSPS) is 10.5. The van der Waals surface area contributed by atoms with Crippen LogP contribution in [-0.4, -0.2) is 24.2 Å². The molecule has 0 aliphatic carbocycles. The van der Waals surface area contributed by atoms with Crippen molar-refractivity contribution in [3.05, 3.63) is 32.5 Å². The summed E-state index contributed by atoms with van der Waals surface area (Å²) in [7, 11) is 2.99. The second-order valence-electron chi connectivity index (χ2n) is 3.57. The highest BCUT2D eigenvalue weighted by Gasteiger charge is 2.14. The molecule has 2 N–H and O–H groups in total. The molecule has 2 aromatic rings. The summed E-state index contributed by atoms with van der Waals surface area (Å²) in [6.07, 6.45) is 0. The number of ether oxygens (including phenoxy) is 2. The standard InChI is InChI=1S/C11H12N2O4/c1-5-8-6(12-11(15)13-10(8)14)4-7(16-2)9(5)17-3/h4H,1-3H3,(H2,12,13,14,15). The largest absolute Gasteiger partial charge is 0.493 e. The number of H-pyrrole nitrogens is 2. The summed E-state index contributed by atoms with van der Waals surface area (Å²) in [4.78, 5) is 27.6. The van der Waals surface area contributed by atoms with Gasteiger partial charge in [0.25, 0.3) is 5.56 Å². The molecule has 0 bridgehead atoms. The van der Waals surface area contributed by atoms with Crippen LogP contribution in [0.25, 0.3) is 10.9 Å². The third-order valence-corrected chi connectivity index (χ3v) is 2.61. The molecule has 0 saturated heterocycles. The molecule has 2 rings (SSSR count). The number of methoxy groups -OCH3 is 2. The molecule has 17 heavy (non-hydrogen) atoms. The van der Waals surface area contributed by atoms with Gasteiger partial charge < -0.3 is 14.5 Å². The fourth-order valence-corrected chi connectivity index (χ4v) is 1.88. The minimum Gasteiger partial charge on any atom is -0.493 e. The van der Waals surface area contributed by atoms with Crippen LogP contribution in [0.2, 0.25) is 0 Å². The molecule has 0 amide bonds. The fourth-order valence-electron chi connectivity index (χ4n) is 1.88. The van der Waals surface area contributed by atoms with Gasteiger partial charge in [-0.1, -0.05) is 0 Å². The average Bonchev–Trinajstić information content (AvgIpc) is 2.27. The molecule has 0 unspecified atom stereocenters. The predicted octanol–water partition coefficient (Wildman–Crippen LogP) is 0.542. The van der Waals surface area contributed by atoms with E-state index in [-0.39, 0.29) is 0 Å². The van der Waals surface area contributed by atoms with Crippen LogP contribution in [0.3, 0.4) is 0 Å². The number of benzene rings is 1. The van der Waals surface area contributed by atoms with Crippen LogP contribution in [0, 0.1) is 6.92 Å². The van der Waals surface area contributed by atoms with E-state index >= 15 is 0 Å². The van der Waals surface area contributed by atoms with Gasteiger partial charge >= 0.3 is 5.69 Å². The summed E-state index contributed by atoms with van der Waals surface area (Å²) in [5, 5.41) is 0.391. The van der Waals surface area contributed by atoms with Crippen LogP contribution in [0.15, 0.2) is 15.7 Å². The maximum atomic E-state index is 11.7. The van der Waals surface area contributed by atoms with Gasteiger partial charge in [-0.25, -0.2) is 4.79 Å². The van der Waals surface area contributed by atoms with E-state index in [4.69, 9.17) is 9.47 Å². The molecular formula is C11H12N2O4. The van der Waals surface area contributed by atoms with Crippen molar-refractivity contribution >= 4 is 10.9 Å². The molecule has 6 nitrogen and oxygen atoms in total. The zero-order chi connectivity index (χ0) is 12.6. The Kier molecular flexibility index (Phi) is 2.63. The van der Waals surface area contributed by atoms with Crippen LogP contribution in [0.5, 0.6) is 11.5 Å². The molecule has 6 heteroatoms. The summed E-state index contributed by atoms with van der Waals surface area (Å²) in [6, 6.07) is 1.57. The van der Waals surface area contributed by atoms with Gasteiger partial charge in [0.1, 0.15) is 0 Å². The molecule has 0 spiro atoms. The number of aromatic amines is 2. The fraction of sp³-hybridized carbons (Fsp3) is 0.273. The van der Waals surface area contributed by atoms with Gasteiger partial charge in [0.2, 0.25) is 0 Å². The number of fused-ring (bicyclic) bond motifs is 1. The van der Waals surface area contributed by atoms with E-state index in [1.807, 2.05) is 0 Å².